The fourth-order valence-corrected chi connectivity index (χ4v) is 4.43. The van der Waals surface area contributed by atoms with Crippen molar-refractivity contribution in [3.63, 3.8) is 0 Å². The summed E-state index contributed by atoms with van der Waals surface area (Å²) in [4.78, 5) is 38.8. The largest absolute Gasteiger partial charge is 0.495 e. The molecule has 9 heteroatoms. The fraction of sp³-hybridized carbons (Fsp3) is 0.129. The molecule has 2 N–H and O–H groups in total. The normalized spacial score (nSPS) is 13.8. The number of methoxy groups -OCH3 is 2. The van der Waals surface area contributed by atoms with Gasteiger partial charge in [-0.25, -0.2) is 9.69 Å². The highest BCUT2D eigenvalue weighted by molar-refractivity contribution is 6.16. The minimum Gasteiger partial charge on any atom is -0.495 e. The van der Waals surface area contributed by atoms with Crippen molar-refractivity contribution in [2.24, 2.45) is 0 Å². The minimum absolute atomic E-state index is 0.0431. The monoisotopic (exact) mass is 537 g/mol. The number of nitrogens with one attached hydrogen (secondary N) is 2. The van der Waals surface area contributed by atoms with Gasteiger partial charge >= 0.3 is 6.03 Å². The van der Waals surface area contributed by atoms with Crippen molar-refractivity contribution in [1.29, 1.82) is 0 Å². The molecule has 1 aliphatic rings. The zero-order chi connectivity index (χ0) is 28.1. The smallest absolute Gasteiger partial charge is 0.329 e. The molecule has 9 nitrogen and oxygen atoms in total. The van der Waals surface area contributed by atoms with Crippen molar-refractivity contribution in [2.45, 2.75) is 6.61 Å². The topological polar surface area (TPSA) is 106 Å². The SMILES string of the molecule is COc1ccccc1NC(=O)CN1C(=O)N/C(=C/c2ccc(OCc3cccc4ccccc34)c(OC)c2)C1=O. The van der Waals surface area contributed by atoms with Crippen LogP contribution >= 0.6 is 0 Å². The molecule has 4 amide bonds. The average molecular weight is 538 g/mol. The first-order valence-electron chi connectivity index (χ1n) is 12.5. The van der Waals surface area contributed by atoms with Crippen molar-refractivity contribution < 1.29 is 28.6 Å². The standard InChI is InChI=1S/C31H27N3O6/c1-38-26-13-6-5-12-24(26)32-29(35)18-34-30(36)25(33-31(34)37)16-20-14-15-27(28(17-20)39-2)40-19-22-10-7-9-21-8-3-4-11-23(21)22/h3-17H,18-19H2,1-2H3,(H,32,35)(H,33,37)/b25-16+. The van der Waals surface area contributed by atoms with Gasteiger partial charge in [0.1, 0.15) is 24.6 Å². The summed E-state index contributed by atoms with van der Waals surface area (Å²) in [5, 5.41) is 7.44. The second-order valence-corrected chi connectivity index (χ2v) is 8.97. The Balaban J connectivity index is 1.27. The molecule has 0 atom stereocenters. The van der Waals surface area contributed by atoms with Crippen LogP contribution in [0.2, 0.25) is 0 Å². The zero-order valence-electron chi connectivity index (χ0n) is 22.0. The van der Waals surface area contributed by atoms with Crippen LogP contribution in [0.3, 0.4) is 0 Å². The molecule has 0 aliphatic carbocycles. The Morgan fingerprint density at radius 2 is 1.62 bits per heavy atom. The Bertz CT molecular complexity index is 1630. The van der Waals surface area contributed by atoms with Gasteiger partial charge in [-0.15, -0.1) is 0 Å². The molecule has 202 valence electrons. The number of carbonyl (C=O) groups is 3. The van der Waals surface area contributed by atoms with Crippen LogP contribution in [0.15, 0.2) is 90.6 Å². The van der Waals surface area contributed by atoms with Gasteiger partial charge in [-0.05, 0) is 52.2 Å². The maximum absolute atomic E-state index is 12.9. The first kappa shape index (κ1) is 26.3. The highest BCUT2D eigenvalue weighted by Crippen LogP contribution is 2.31. The van der Waals surface area contributed by atoms with Crippen molar-refractivity contribution in [2.75, 3.05) is 26.1 Å². The predicted molar refractivity (Wildman–Crippen MR) is 151 cm³/mol. The first-order chi connectivity index (χ1) is 19.5. The van der Waals surface area contributed by atoms with E-state index in [-0.39, 0.29) is 5.70 Å². The van der Waals surface area contributed by atoms with E-state index in [1.54, 1.807) is 42.5 Å². The highest BCUT2D eigenvalue weighted by atomic mass is 16.5. The third-order valence-electron chi connectivity index (χ3n) is 6.41. The van der Waals surface area contributed by atoms with Crippen LogP contribution in [-0.4, -0.2) is 43.5 Å². The molecule has 5 rings (SSSR count). The van der Waals surface area contributed by atoms with E-state index in [0.29, 0.717) is 35.1 Å². The number of hydrogen-bond donors (Lipinski definition) is 2. The molecule has 0 radical (unpaired) electrons. The van der Waals surface area contributed by atoms with Crippen LogP contribution in [-0.2, 0) is 16.2 Å². The molecule has 0 unspecified atom stereocenters. The van der Waals surface area contributed by atoms with Gasteiger partial charge in [0.25, 0.3) is 5.91 Å². The van der Waals surface area contributed by atoms with Crippen LogP contribution in [0.5, 0.6) is 17.2 Å². The molecule has 0 spiro atoms. The summed E-state index contributed by atoms with van der Waals surface area (Å²) in [5.74, 6) is 0.319. The summed E-state index contributed by atoms with van der Waals surface area (Å²) < 4.78 is 16.8. The summed E-state index contributed by atoms with van der Waals surface area (Å²) in [6, 6.07) is 25.5. The lowest BCUT2D eigenvalue weighted by molar-refractivity contribution is -0.127. The van der Waals surface area contributed by atoms with E-state index in [1.807, 2.05) is 24.3 Å². The number of nitrogens with zero attached hydrogens (tertiary/aromatic N) is 1. The quantitative estimate of drug-likeness (QED) is 0.231. The molecule has 1 saturated heterocycles. The van der Waals surface area contributed by atoms with Crippen LogP contribution in [0.25, 0.3) is 16.8 Å². The Morgan fingerprint density at radius 1 is 0.875 bits per heavy atom. The zero-order valence-corrected chi connectivity index (χ0v) is 22.0. The first-order valence-corrected chi connectivity index (χ1v) is 12.5. The van der Waals surface area contributed by atoms with E-state index < -0.39 is 24.4 Å². The number of fused-ring (bicyclic) bond motifs is 1. The lowest BCUT2D eigenvalue weighted by atomic mass is 10.1. The van der Waals surface area contributed by atoms with E-state index >= 15 is 0 Å². The van der Waals surface area contributed by atoms with Gasteiger partial charge in [0.05, 0.1) is 19.9 Å². The molecule has 40 heavy (non-hydrogen) atoms. The second kappa shape index (κ2) is 11.6. The molecule has 1 heterocycles. The number of hydrogen-bond acceptors (Lipinski definition) is 6. The predicted octanol–water partition coefficient (Wildman–Crippen LogP) is 4.97. The van der Waals surface area contributed by atoms with Crippen LogP contribution in [0.1, 0.15) is 11.1 Å². The minimum atomic E-state index is -0.687. The Labute approximate surface area is 231 Å². The van der Waals surface area contributed by atoms with Gasteiger partial charge < -0.3 is 24.8 Å². The average Bonchev–Trinajstić information content (AvgIpc) is 3.23. The van der Waals surface area contributed by atoms with Crippen molar-refractivity contribution >= 4 is 40.4 Å². The maximum Gasteiger partial charge on any atom is 0.329 e. The summed E-state index contributed by atoms with van der Waals surface area (Å²) in [5.41, 5.74) is 2.13. The summed E-state index contributed by atoms with van der Waals surface area (Å²) in [7, 11) is 3.01. The Morgan fingerprint density at radius 3 is 2.45 bits per heavy atom. The van der Waals surface area contributed by atoms with Gasteiger partial charge in [-0.1, -0.05) is 60.7 Å². The number of amides is 4. The number of imide groups is 1. The van der Waals surface area contributed by atoms with E-state index in [2.05, 4.69) is 28.8 Å². The molecule has 0 saturated carbocycles. The lowest BCUT2D eigenvalue weighted by Crippen LogP contribution is -2.38. The van der Waals surface area contributed by atoms with Crippen LogP contribution in [0, 0.1) is 0 Å². The summed E-state index contributed by atoms with van der Waals surface area (Å²) in [6.45, 7) is -0.108. The van der Waals surface area contributed by atoms with E-state index in [4.69, 9.17) is 14.2 Å². The van der Waals surface area contributed by atoms with Crippen LogP contribution < -0.4 is 24.8 Å². The van der Waals surface area contributed by atoms with Crippen molar-refractivity contribution in [1.82, 2.24) is 10.2 Å². The molecule has 1 fully saturated rings. The lowest BCUT2D eigenvalue weighted by Gasteiger charge is -2.13. The van der Waals surface area contributed by atoms with E-state index in [9.17, 15) is 14.4 Å². The maximum atomic E-state index is 12.9. The van der Waals surface area contributed by atoms with Gasteiger partial charge in [0, 0.05) is 0 Å². The third-order valence-corrected chi connectivity index (χ3v) is 6.41. The fourth-order valence-electron chi connectivity index (χ4n) is 4.43. The van der Waals surface area contributed by atoms with Gasteiger partial charge in [0.15, 0.2) is 11.5 Å². The van der Waals surface area contributed by atoms with Gasteiger partial charge in [-0.2, -0.15) is 0 Å². The number of carbonyl (C=O) groups excluding carboxylic acids is 3. The summed E-state index contributed by atoms with van der Waals surface area (Å²) >= 11 is 0. The van der Waals surface area contributed by atoms with E-state index in [1.165, 1.54) is 20.3 Å². The number of rotatable bonds is 9. The molecule has 0 aromatic heterocycles. The van der Waals surface area contributed by atoms with Gasteiger partial charge in [0.2, 0.25) is 5.91 Å². The number of ether oxygens (including phenoxy) is 3. The molecule has 4 aromatic carbocycles. The van der Waals surface area contributed by atoms with Crippen molar-refractivity contribution in [3.05, 3.63) is 102 Å². The number of benzene rings is 4. The molecule has 0 bridgehead atoms. The molecule has 1 aliphatic heterocycles. The molecular formula is C31H27N3O6. The highest BCUT2D eigenvalue weighted by Gasteiger charge is 2.35. The van der Waals surface area contributed by atoms with Crippen molar-refractivity contribution in [3.8, 4) is 17.2 Å². The second-order valence-electron chi connectivity index (χ2n) is 8.97. The number of urea groups is 1. The Hall–Kier alpha value is -5.31. The summed E-state index contributed by atoms with van der Waals surface area (Å²) in [6.07, 6.45) is 1.52. The van der Waals surface area contributed by atoms with Crippen LogP contribution in [0.4, 0.5) is 10.5 Å². The Kier molecular flexibility index (Phi) is 7.63. The number of para-hydroxylation sites is 2. The molecule has 4 aromatic rings. The number of anilines is 1. The van der Waals surface area contributed by atoms with E-state index in [0.717, 1.165) is 21.2 Å². The third kappa shape index (κ3) is 5.58. The molecular weight excluding hydrogens is 510 g/mol. The van der Waals surface area contributed by atoms with Gasteiger partial charge in [-0.3, -0.25) is 9.59 Å².